The second kappa shape index (κ2) is 4.19. The number of rotatable bonds is 4. The Balaban J connectivity index is 1.98. The molecule has 0 unspecified atom stereocenters. The van der Waals surface area contributed by atoms with Crippen molar-refractivity contribution in [2.75, 3.05) is 0 Å². The molecule has 0 saturated heterocycles. The number of fused-ring (bicyclic) bond motifs is 1. The first-order chi connectivity index (χ1) is 8.25. The van der Waals surface area contributed by atoms with E-state index in [1.54, 1.807) is 0 Å². The average Bonchev–Trinajstić information content (AvgIpc) is 3.07. The molecule has 0 amide bonds. The monoisotopic (exact) mass is 228 g/mol. The predicted octanol–water partition coefficient (Wildman–Crippen LogP) is 3.47. The summed E-state index contributed by atoms with van der Waals surface area (Å²) in [7, 11) is 0. The van der Waals surface area contributed by atoms with Crippen molar-refractivity contribution in [2.24, 2.45) is 0 Å². The van der Waals surface area contributed by atoms with Gasteiger partial charge in [-0.2, -0.15) is 0 Å². The van der Waals surface area contributed by atoms with Crippen LogP contribution in [0.3, 0.4) is 0 Å². The number of benzene rings is 1. The molecule has 0 bridgehead atoms. The third-order valence-corrected chi connectivity index (χ3v) is 3.54. The first-order valence-corrected chi connectivity index (χ1v) is 6.57. The molecule has 1 aromatic heterocycles. The van der Waals surface area contributed by atoms with E-state index < -0.39 is 0 Å². The van der Waals surface area contributed by atoms with E-state index in [4.69, 9.17) is 0 Å². The minimum absolute atomic E-state index is 0.523. The fraction of sp³-hybridized carbons (Fsp3) is 0.467. The van der Waals surface area contributed by atoms with Gasteiger partial charge in [-0.3, -0.25) is 0 Å². The van der Waals surface area contributed by atoms with Crippen molar-refractivity contribution in [2.45, 2.75) is 45.3 Å². The van der Waals surface area contributed by atoms with Gasteiger partial charge in [0.05, 0.1) is 0 Å². The van der Waals surface area contributed by atoms with Gasteiger partial charge in [0.2, 0.25) is 0 Å². The highest BCUT2D eigenvalue weighted by Crippen LogP contribution is 2.26. The zero-order chi connectivity index (χ0) is 11.8. The van der Waals surface area contributed by atoms with E-state index in [2.05, 4.69) is 54.2 Å². The number of hydrogen-bond donors (Lipinski definition) is 1. The van der Waals surface area contributed by atoms with E-state index in [0.717, 1.165) is 12.6 Å². The molecule has 2 nitrogen and oxygen atoms in total. The number of para-hydroxylation sites is 1. The average molecular weight is 228 g/mol. The zero-order valence-electron chi connectivity index (χ0n) is 10.6. The van der Waals surface area contributed by atoms with Crippen LogP contribution in [0.5, 0.6) is 0 Å². The largest absolute Gasteiger partial charge is 0.345 e. The van der Waals surface area contributed by atoms with Gasteiger partial charge in [0.15, 0.2) is 0 Å². The zero-order valence-corrected chi connectivity index (χ0v) is 10.6. The molecule has 17 heavy (non-hydrogen) atoms. The predicted molar refractivity (Wildman–Crippen MR) is 72.2 cm³/mol. The van der Waals surface area contributed by atoms with Gasteiger partial charge < -0.3 is 9.88 Å². The van der Waals surface area contributed by atoms with Crippen LogP contribution < -0.4 is 5.32 Å². The Morgan fingerprint density at radius 1 is 1.29 bits per heavy atom. The molecule has 1 fully saturated rings. The van der Waals surface area contributed by atoms with Gasteiger partial charge in [0, 0.05) is 35.7 Å². The molecular formula is C15H20N2. The van der Waals surface area contributed by atoms with Crippen LogP contribution in [0.4, 0.5) is 0 Å². The lowest BCUT2D eigenvalue weighted by Crippen LogP contribution is -2.14. The molecule has 1 heterocycles. The molecule has 90 valence electrons. The molecule has 2 aromatic rings. The van der Waals surface area contributed by atoms with Gasteiger partial charge in [-0.25, -0.2) is 0 Å². The Labute approximate surface area is 103 Å². The fourth-order valence-corrected chi connectivity index (χ4v) is 2.39. The van der Waals surface area contributed by atoms with Crippen LogP contribution in [-0.4, -0.2) is 10.6 Å². The maximum Gasteiger partial charge on any atom is 0.0486 e. The summed E-state index contributed by atoms with van der Waals surface area (Å²) < 4.78 is 2.37. The fourth-order valence-electron chi connectivity index (χ4n) is 2.39. The third kappa shape index (κ3) is 2.09. The van der Waals surface area contributed by atoms with E-state index >= 15 is 0 Å². The van der Waals surface area contributed by atoms with Crippen molar-refractivity contribution in [3.8, 4) is 0 Å². The Kier molecular flexibility index (Phi) is 2.67. The highest BCUT2D eigenvalue weighted by atomic mass is 15.0. The summed E-state index contributed by atoms with van der Waals surface area (Å²) in [5.74, 6) is 0. The molecule has 3 rings (SSSR count). The number of hydrogen-bond acceptors (Lipinski definition) is 1. The van der Waals surface area contributed by atoms with Gasteiger partial charge in [0.25, 0.3) is 0 Å². The smallest absolute Gasteiger partial charge is 0.0486 e. The molecule has 1 aromatic carbocycles. The van der Waals surface area contributed by atoms with Gasteiger partial charge >= 0.3 is 0 Å². The van der Waals surface area contributed by atoms with Gasteiger partial charge in [-0.1, -0.05) is 18.2 Å². The van der Waals surface area contributed by atoms with Crippen molar-refractivity contribution < 1.29 is 0 Å². The molecule has 2 heteroatoms. The van der Waals surface area contributed by atoms with E-state index in [-0.39, 0.29) is 0 Å². The highest BCUT2D eigenvalue weighted by molar-refractivity contribution is 5.84. The van der Waals surface area contributed by atoms with Crippen LogP contribution in [0.25, 0.3) is 10.9 Å². The van der Waals surface area contributed by atoms with Crippen molar-refractivity contribution in [1.82, 2.24) is 9.88 Å². The lowest BCUT2D eigenvalue weighted by Gasteiger charge is -2.08. The molecule has 1 aliphatic rings. The van der Waals surface area contributed by atoms with Crippen molar-refractivity contribution in [1.29, 1.82) is 0 Å². The normalized spacial score (nSPS) is 15.9. The van der Waals surface area contributed by atoms with E-state index in [1.807, 2.05) is 0 Å². The molecule has 0 atom stereocenters. The van der Waals surface area contributed by atoms with Crippen molar-refractivity contribution in [3.05, 3.63) is 36.0 Å². The minimum Gasteiger partial charge on any atom is -0.345 e. The summed E-state index contributed by atoms with van der Waals surface area (Å²) in [6.45, 7) is 5.49. The van der Waals surface area contributed by atoms with Crippen LogP contribution in [0.2, 0.25) is 0 Å². The second-order valence-corrected chi connectivity index (χ2v) is 5.33. The Morgan fingerprint density at radius 2 is 2.06 bits per heavy atom. The first-order valence-electron chi connectivity index (χ1n) is 6.57. The minimum atomic E-state index is 0.523. The van der Waals surface area contributed by atoms with Crippen LogP contribution in [0.15, 0.2) is 30.5 Å². The molecular weight excluding hydrogens is 208 g/mol. The number of nitrogens with zero attached hydrogens (tertiary/aromatic N) is 1. The van der Waals surface area contributed by atoms with Gasteiger partial charge in [-0.15, -0.1) is 0 Å². The second-order valence-electron chi connectivity index (χ2n) is 5.33. The summed E-state index contributed by atoms with van der Waals surface area (Å²) in [6, 6.07) is 10.0. The third-order valence-electron chi connectivity index (χ3n) is 3.54. The van der Waals surface area contributed by atoms with Gasteiger partial charge in [0.1, 0.15) is 0 Å². The maximum absolute atomic E-state index is 3.60. The standard InChI is InChI=1S/C15H20N2/c1-11(2)17-10-12(9-16-13-7-8-13)14-5-3-4-6-15(14)17/h3-6,10-11,13,16H,7-9H2,1-2H3. The van der Waals surface area contributed by atoms with E-state index in [9.17, 15) is 0 Å². The maximum atomic E-state index is 3.60. The number of nitrogens with one attached hydrogen (secondary N) is 1. The summed E-state index contributed by atoms with van der Waals surface area (Å²) >= 11 is 0. The van der Waals surface area contributed by atoms with Crippen LogP contribution in [0.1, 0.15) is 38.3 Å². The Morgan fingerprint density at radius 3 is 2.76 bits per heavy atom. The molecule has 0 spiro atoms. The molecule has 1 N–H and O–H groups in total. The van der Waals surface area contributed by atoms with Crippen molar-refractivity contribution >= 4 is 10.9 Å². The summed E-state index contributed by atoms with van der Waals surface area (Å²) in [5, 5.41) is 5.00. The number of aromatic nitrogens is 1. The van der Waals surface area contributed by atoms with Crippen LogP contribution in [-0.2, 0) is 6.54 Å². The Hall–Kier alpha value is -1.28. The lowest BCUT2D eigenvalue weighted by atomic mass is 10.2. The van der Waals surface area contributed by atoms with E-state index in [1.165, 1.54) is 29.3 Å². The SMILES string of the molecule is CC(C)n1cc(CNC2CC2)c2ccccc21. The molecule has 1 aliphatic carbocycles. The van der Waals surface area contributed by atoms with E-state index in [0.29, 0.717) is 6.04 Å². The molecule has 0 aliphatic heterocycles. The summed E-state index contributed by atoms with van der Waals surface area (Å²) in [5.41, 5.74) is 2.79. The summed E-state index contributed by atoms with van der Waals surface area (Å²) in [6.07, 6.45) is 5.01. The van der Waals surface area contributed by atoms with Crippen LogP contribution >= 0.6 is 0 Å². The van der Waals surface area contributed by atoms with Gasteiger partial charge in [-0.05, 0) is 38.3 Å². The first kappa shape index (κ1) is 10.8. The summed E-state index contributed by atoms with van der Waals surface area (Å²) in [4.78, 5) is 0. The Bertz CT molecular complexity index is 521. The quantitative estimate of drug-likeness (QED) is 0.847. The lowest BCUT2D eigenvalue weighted by molar-refractivity contribution is 0.616. The molecule has 0 radical (unpaired) electrons. The van der Waals surface area contributed by atoms with Crippen molar-refractivity contribution in [3.63, 3.8) is 0 Å². The highest BCUT2D eigenvalue weighted by Gasteiger charge is 2.20. The molecule has 1 saturated carbocycles. The van der Waals surface area contributed by atoms with Crippen LogP contribution in [0, 0.1) is 0 Å². The topological polar surface area (TPSA) is 17.0 Å².